The largest absolute Gasteiger partial charge is 0.490 e. The number of benzene rings is 2. The van der Waals surface area contributed by atoms with E-state index in [1.807, 2.05) is 38.1 Å². The van der Waals surface area contributed by atoms with E-state index in [2.05, 4.69) is 12.2 Å². The van der Waals surface area contributed by atoms with Gasteiger partial charge in [-0.15, -0.1) is 0 Å². The van der Waals surface area contributed by atoms with Crippen LogP contribution in [-0.2, 0) is 4.74 Å². The normalized spacial score (nSPS) is 19.3. The molecule has 0 N–H and O–H groups in total. The third-order valence-electron chi connectivity index (χ3n) is 5.76. The zero-order chi connectivity index (χ0) is 21.3. The average molecular weight is 415 g/mol. The van der Waals surface area contributed by atoms with Gasteiger partial charge in [-0.25, -0.2) is 4.39 Å². The summed E-state index contributed by atoms with van der Waals surface area (Å²) in [5.74, 6) is -1.45. The van der Waals surface area contributed by atoms with Crippen molar-refractivity contribution in [2.75, 3.05) is 13.2 Å². The van der Waals surface area contributed by atoms with Crippen LogP contribution in [-0.4, -0.2) is 19.3 Å². The van der Waals surface area contributed by atoms with Gasteiger partial charge in [0.1, 0.15) is 0 Å². The molecule has 0 spiro atoms. The van der Waals surface area contributed by atoms with E-state index in [1.54, 1.807) is 6.07 Å². The Labute approximate surface area is 178 Å². The highest BCUT2D eigenvalue weighted by Crippen LogP contribution is 2.33. The second-order valence-corrected chi connectivity index (χ2v) is 7.94. The molecule has 1 aliphatic heterocycles. The highest BCUT2D eigenvalue weighted by Gasteiger charge is 2.23. The fraction of sp³-hybridized carbons (Fsp3) is 0.462. The van der Waals surface area contributed by atoms with Crippen molar-refractivity contribution in [2.24, 2.45) is 0 Å². The zero-order valence-electron chi connectivity index (χ0n) is 18.0. The van der Waals surface area contributed by atoms with Crippen LogP contribution < -0.4 is 4.74 Å². The van der Waals surface area contributed by atoms with Gasteiger partial charge in [-0.3, -0.25) is 0 Å². The van der Waals surface area contributed by atoms with Crippen molar-refractivity contribution in [3.05, 3.63) is 65.7 Å². The van der Waals surface area contributed by atoms with E-state index in [0.717, 1.165) is 38.5 Å². The topological polar surface area (TPSA) is 18.5 Å². The van der Waals surface area contributed by atoms with Gasteiger partial charge in [0.05, 0.1) is 19.3 Å². The molecule has 2 unspecified atom stereocenters. The summed E-state index contributed by atoms with van der Waals surface area (Å²) < 4.78 is 40.4. The summed E-state index contributed by atoms with van der Waals surface area (Å²) in [6.45, 7) is 5.17. The minimum absolute atomic E-state index is 0.0235. The molecular formula is C26H32F2O2. The van der Waals surface area contributed by atoms with Gasteiger partial charge in [0, 0.05) is 11.5 Å². The first-order chi connectivity index (χ1) is 14.6. The number of hydrogen-bond acceptors (Lipinski definition) is 2. The van der Waals surface area contributed by atoms with E-state index in [1.165, 1.54) is 11.6 Å². The van der Waals surface area contributed by atoms with E-state index in [0.29, 0.717) is 30.8 Å². The molecule has 0 radical (unpaired) electrons. The van der Waals surface area contributed by atoms with Crippen LogP contribution in [0.1, 0.15) is 63.9 Å². The molecule has 0 amide bonds. The van der Waals surface area contributed by atoms with Crippen LogP contribution in [0.15, 0.2) is 48.6 Å². The summed E-state index contributed by atoms with van der Waals surface area (Å²) in [6.07, 6.45) is 10.6. The van der Waals surface area contributed by atoms with Gasteiger partial charge in [-0.2, -0.15) is 4.39 Å². The molecule has 4 heteroatoms. The van der Waals surface area contributed by atoms with Crippen molar-refractivity contribution in [3.8, 4) is 16.9 Å². The molecule has 2 nitrogen and oxygen atoms in total. The fourth-order valence-electron chi connectivity index (χ4n) is 3.87. The van der Waals surface area contributed by atoms with Crippen LogP contribution in [0, 0.1) is 11.6 Å². The molecule has 3 rings (SSSR count). The lowest BCUT2D eigenvalue weighted by molar-refractivity contribution is -0.000184. The van der Waals surface area contributed by atoms with Gasteiger partial charge in [0.25, 0.3) is 0 Å². The number of hydrogen-bond donors (Lipinski definition) is 0. The zero-order valence-corrected chi connectivity index (χ0v) is 18.0. The number of rotatable bonds is 9. The Bertz CT molecular complexity index is 822. The molecule has 0 saturated carbocycles. The summed E-state index contributed by atoms with van der Waals surface area (Å²) in [7, 11) is 0. The second kappa shape index (κ2) is 11.3. The van der Waals surface area contributed by atoms with Crippen LogP contribution in [0.3, 0.4) is 0 Å². The molecule has 0 bridgehead atoms. The van der Waals surface area contributed by atoms with Gasteiger partial charge in [-0.1, -0.05) is 49.8 Å². The molecular weight excluding hydrogens is 382 g/mol. The highest BCUT2D eigenvalue weighted by molar-refractivity contribution is 5.65. The molecule has 1 heterocycles. The Kier molecular flexibility index (Phi) is 8.44. The van der Waals surface area contributed by atoms with Crippen molar-refractivity contribution in [2.45, 2.75) is 64.4 Å². The summed E-state index contributed by atoms with van der Waals surface area (Å²) >= 11 is 0. The Morgan fingerprint density at radius 2 is 1.87 bits per heavy atom. The third-order valence-corrected chi connectivity index (χ3v) is 5.76. The Balaban J connectivity index is 1.63. The standard InChI is InChI=1S/C26H32F2O2/c1-3-5-7-8-22-14-13-21(18-30-22)19-9-11-20(12-10-19)23-15-16-24(26(28)25(23)27)29-17-6-4-2/h3,5,9-12,15-16,21-22H,4,6-8,13-14,17-18H2,1-2H3. The fourth-order valence-corrected chi connectivity index (χ4v) is 3.87. The molecule has 2 aromatic rings. The molecule has 0 aliphatic carbocycles. The molecule has 0 aromatic heterocycles. The van der Waals surface area contributed by atoms with Crippen molar-refractivity contribution in [3.63, 3.8) is 0 Å². The summed E-state index contributed by atoms with van der Waals surface area (Å²) in [4.78, 5) is 0. The number of halogens is 2. The number of ether oxygens (including phenoxy) is 2. The monoisotopic (exact) mass is 414 g/mol. The SMILES string of the molecule is CC=CCCC1CCC(c2ccc(-c3ccc(OCCCC)c(F)c3F)cc2)CO1. The van der Waals surface area contributed by atoms with E-state index in [4.69, 9.17) is 9.47 Å². The van der Waals surface area contributed by atoms with Gasteiger partial charge in [0.2, 0.25) is 5.82 Å². The molecule has 1 fully saturated rings. The molecule has 2 atom stereocenters. The van der Waals surface area contributed by atoms with Crippen molar-refractivity contribution >= 4 is 0 Å². The van der Waals surface area contributed by atoms with Crippen LogP contribution in [0.25, 0.3) is 11.1 Å². The van der Waals surface area contributed by atoms with Crippen molar-refractivity contribution in [1.82, 2.24) is 0 Å². The first-order valence-electron chi connectivity index (χ1n) is 11.1. The third kappa shape index (κ3) is 5.69. The minimum atomic E-state index is -0.919. The lowest BCUT2D eigenvalue weighted by Crippen LogP contribution is -2.24. The molecule has 1 aliphatic rings. The maximum atomic E-state index is 14.6. The van der Waals surface area contributed by atoms with Crippen molar-refractivity contribution < 1.29 is 18.3 Å². The van der Waals surface area contributed by atoms with E-state index in [-0.39, 0.29) is 11.3 Å². The molecule has 2 aromatic carbocycles. The van der Waals surface area contributed by atoms with Gasteiger partial charge in [-0.05, 0) is 62.3 Å². The minimum Gasteiger partial charge on any atom is -0.490 e. The first-order valence-corrected chi connectivity index (χ1v) is 11.1. The van der Waals surface area contributed by atoms with E-state index < -0.39 is 11.6 Å². The summed E-state index contributed by atoms with van der Waals surface area (Å²) in [5.41, 5.74) is 2.10. The molecule has 162 valence electrons. The highest BCUT2D eigenvalue weighted by atomic mass is 19.2. The summed E-state index contributed by atoms with van der Waals surface area (Å²) in [6, 6.07) is 10.8. The lowest BCUT2D eigenvalue weighted by atomic mass is 9.89. The predicted molar refractivity (Wildman–Crippen MR) is 118 cm³/mol. The number of allylic oxidation sites excluding steroid dienone is 2. The Morgan fingerprint density at radius 1 is 1.07 bits per heavy atom. The second-order valence-electron chi connectivity index (χ2n) is 7.94. The predicted octanol–water partition coefficient (Wildman–Crippen LogP) is 7.43. The van der Waals surface area contributed by atoms with Crippen LogP contribution >= 0.6 is 0 Å². The average Bonchev–Trinajstić information content (AvgIpc) is 2.78. The van der Waals surface area contributed by atoms with Gasteiger partial charge < -0.3 is 9.47 Å². The van der Waals surface area contributed by atoms with Crippen LogP contribution in [0.2, 0.25) is 0 Å². The maximum Gasteiger partial charge on any atom is 0.201 e. The number of unbranched alkanes of at least 4 members (excludes halogenated alkanes) is 1. The smallest absolute Gasteiger partial charge is 0.201 e. The van der Waals surface area contributed by atoms with Gasteiger partial charge >= 0.3 is 0 Å². The van der Waals surface area contributed by atoms with E-state index in [9.17, 15) is 8.78 Å². The molecule has 1 saturated heterocycles. The maximum absolute atomic E-state index is 14.6. The first kappa shape index (κ1) is 22.5. The Morgan fingerprint density at radius 3 is 2.53 bits per heavy atom. The van der Waals surface area contributed by atoms with Crippen LogP contribution in [0.4, 0.5) is 8.78 Å². The van der Waals surface area contributed by atoms with E-state index >= 15 is 0 Å². The summed E-state index contributed by atoms with van der Waals surface area (Å²) in [5, 5.41) is 0. The van der Waals surface area contributed by atoms with Crippen LogP contribution in [0.5, 0.6) is 5.75 Å². The van der Waals surface area contributed by atoms with Gasteiger partial charge in [0.15, 0.2) is 11.6 Å². The molecule has 30 heavy (non-hydrogen) atoms. The quantitative estimate of drug-likeness (QED) is 0.314. The van der Waals surface area contributed by atoms with Crippen molar-refractivity contribution in [1.29, 1.82) is 0 Å². The lowest BCUT2D eigenvalue weighted by Gasteiger charge is -2.29. The Hall–Kier alpha value is -2.20.